The van der Waals surface area contributed by atoms with Crippen LogP contribution >= 0.6 is 0 Å². The van der Waals surface area contributed by atoms with Crippen molar-refractivity contribution in [2.45, 2.75) is 24.9 Å². The summed E-state index contributed by atoms with van der Waals surface area (Å²) in [5, 5.41) is 5.68. The SMILES string of the molecule is CCCCNC(=O)Nc1nc2nc(S(C)(=O)=O)ncc2cc1-c1cc(OC)cc(OC)c1. The molecule has 2 amide bonds. The topological polar surface area (TPSA) is 132 Å². The van der Waals surface area contributed by atoms with Gasteiger partial charge in [0.1, 0.15) is 17.3 Å². The van der Waals surface area contributed by atoms with E-state index in [2.05, 4.69) is 25.6 Å². The molecule has 0 aliphatic rings. The molecule has 2 aromatic heterocycles. The van der Waals surface area contributed by atoms with Gasteiger partial charge in [0, 0.05) is 36.0 Å². The number of rotatable bonds is 8. The van der Waals surface area contributed by atoms with Gasteiger partial charge in [0.05, 0.1) is 14.2 Å². The van der Waals surface area contributed by atoms with Gasteiger partial charge in [-0.2, -0.15) is 4.98 Å². The molecule has 170 valence electrons. The maximum atomic E-state index is 12.4. The molecule has 32 heavy (non-hydrogen) atoms. The first-order chi connectivity index (χ1) is 15.2. The van der Waals surface area contributed by atoms with Crippen molar-refractivity contribution in [1.29, 1.82) is 0 Å². The van der Waals surface area contributed by atoms with Crippen LogP contribution < -0.4 is 20.1 Å². The van der Waals surface area contributed by atoms with Gasteiger partial charge >= 0.3 is 6.03 Å². The lowest BCUT2D eigenvalue weighted by Crippen LogP contribution is -2.30. The number of benzene rings is 1. The minimum Gasteiger partial charge on any atom is -0.497 e. The molecular weight excluding hydrogens is 434 g/mol. The number of methoxy groups -OCH3 is 2. The number of aromatic nitrogens is 3. The van der Waals surface area contributed by atoms with Gasteiger partial charge in [-0.1, -0.05) is 13.3 Å². The second-order valence-corrected chi connectivity index (χ2v) is 8.97. The number of urea groups is 1. The number of pyridine rings is 1. The number of ether oxygens (including phenoxy) is 2. The Morgan fingerprint density at radius 1 is 1.06 bits per heavy atom. The van der Waals surface area contributed by atoms with E-state index in [0.29, 0.717) is 34.6 Å². The summed E-state index contributed by atoms with van der Waals surface area (Å²) in [6, 6.07) is 6.57. The van der Waals surface area contributed by atoms with Crippen LogP contribution in [-0.2, 0) is 9.84 Å². The van der Waals surface area contributed by atoms with E-state index in [1.54, 1.807) is 24.3 Å². The van der Waals surface area contributed by atoms with Gasteiger partial charge < -0.3 is 14.8 Å². The van der Waals surface area contributed by atoms with E-state index in [4.69, 9.17) is 9.47 Å². The first-order valence-corrected chi connectivity index (χ1v) is 11.8. The highest BCUT2D eigenvalue weighted by atomic mass is 32.2. The number of anilines is 1. The van der Waals surface area contributed by atoms with Crippen molar-refractivity contribution in [3.63, 3.8) is 0 Å². The summed E-state index contributed by atoms with van der Waals surface area (Å²) in [5.41, 5.74) is 1.38. The molecule has 0 atom stereocenters. The van der Waals surface area contributed by atoms with Crippen LogP contribution in [0.5, 0.6) is 11.5 Å². The second-order valence-electron chi connectivity index (χ2n) is 7.06. The number of carbonyl (C=O) groups is 1. The molecule has 0 aliphatic heterocycles. The predicted octanol–water partition coefficient (Wildman–Crippen LogP) is 3.03. The van der Waals surface area contributed by atoms with Crippen LogP contribution in [0.15, 0.2) is 35.6 Å². The summed E-state index contributed by atoms with van der Waals surface area (Å²) in [6.07, 6.45) is 4.18. The third-order valence-electron chi connectivity index (χ3n) is 4.59. The Bertz CT molecular complexity index is 1220. The predicted molar refractivity (Wildman–Crippen MR) is 121 cm³/mol. The Hall–Kier alpha value is -3.47. The van der Waals surface area contributed by atoms with Crippen LogP contribution in [0.3, 0.4) is 0 Å². The lowest BCUT2D eigenvalue weighted by atomic mass is 10.0. The number of sulfone groups is 1. The first-order valence-electron chi connectivity index (χ1n) is 9.91. The van der Waals surface area contributed by atoms with Crippen LogP contribution in [0.25, 0.3) is 22.2 Å². The van der Waals surface area contributed by atoms with Crippen LogP contribution in [-0.4, -0.2) is 56.4 Å². The van der Waals surface area contributed by atoms with Crippen LogP contribution in [0.2, 0.25) is 0 Å². The quantitative estimate of drug-likeness (QED) is 0.388. The van der Waals surface area contributed by atoms with Gasteiger partial charge in [0.25, 0.3) is 0 Å². The van der Waals surface area contributed by atoms with E-state index in [1.165, 1.54) is 20.4 Å². The molecule has 10 nitrogen and oxygen atoms in total. The molecular formula is C21H25N5O5S. The van der Waals surface area contributed by atoms with Gasteiger partial charge in [-0.05, 0) is 30.2 Å². The average molecular weight is 460 g/mol. The molecule has 3 rings (SSSR count). The highest BCUT2D eigenvalue weighted by Gasteiger charge is 2.17. The number of nitrogens with zero attached hydrogens (tertiary/aromatic N) is 3. The monoisotopic (exact) mass is 459 g/mol. The minimum absolute atomic E-state index is 0.142. The van der Waals surface area contributed by atoms with Gasteiger partial charge in [-0.25, -0.2) is 23.2 Å². The molecule has 0 unspecified atom stereocenters. The summed E-state index contributed by atoms with van der Waals surface area (Å²) < 4.78 is 34.4. The summed E-state index contributed by atoms with van der Waals surface area (Å²) in [5.74, 6) is 1.32. The fourth-order valence-corrected chi connectivity index (χ4v) is 3.43. The van der Waals surface area contributed by atoms with E-state index >= 15 is 0 Å². The number of nitrogens with one attached hydrogen (secondary N) is 2. The molecule has 3 aromatic rings. The average Bonchev–Trinajstić information content (AvgIpc) is 2.77. The van der Waals surface area contributed by atoms with Gasteiger partial charge in [-0.15, -0.1) is 0 Å². The molecule has 0 saturated heterocycles. The summed E-state index contributed by atoms with van der Waals surface area (Å²) in [6.45, 7) is 2.54. The Morgan fingerprint density at radius 2 is 1.75 bits per heavy atom. The maximum absolute atomic E-state index is 12.4. The van der Waals surface area contributed by atoms with Crippen molar-refractivity contribution < 1.29 is 22.7 Å². The fraction of sp³-hybridized carbons (Fsp3) is 0.333. The molecule has 0 fully saturated rings. The maximum Gasteiger partial charge on any atom is 0.320 e. The molecule has 0 bridgehead atoms. The number of unbranched alkanes of at least 4 members (excludes halogenated alkanes) is 1. The molecule has 0 saturated carbocycles. The highest BCUT2D eigenvalue weighted by Crippen LogP contribution is 2.35. The Kier molecular flexibility index (Phi) is 7.08. The van der Waals surface area contributed by atoms with Crippen LogP contribution in [0, 0.1) is 0 Å². The number of carbonyl (C=O) groups excluding carboxylic acids is 1. The smallest absolute Gasteiger partial charge is 0.320 e. The van der Waals surface area contributed by atoms with Gasteiger partial charge in [-0.3, -0.25) is 5.32 Å². The van der Waals surface area contributed by atoms with E-state index in [0.717, 1.165) is 19.1 Å². The zero-order valence-corrected chi connectivity index (χ0v) is 19.1. The number of hydrogen-bond donors (Lipinski definition) is 2. The zero-order chi connectivity index (χ0) is 23.3. The second kappa shape index (κ2) is 9.77. The minimum atomic E-state index is -3.62. The third-order valence-corrected chi connectivity index (χ3v) is 5.45. The molecule has 11 heteroatoms. The lowest BCUT2D eigenvalue weighted by molar-refractivity contribution is 0.252. The zero-order valence-electron chi connectivity index (χ0n) is 18.3. The standard InChI is InChI=1S/C21H25N5O5S/c1-5-6-7-22-20(27)25-19-17(13-8-15(30-2)11-16(9-13)31-3)10-14-12-23-21(32(4,28)29)26-18(14)24-19/h8-12H,5-7H2,1-4H3,(H2,22,23,24,25,26,27). The van der Waals surface area contributed by atoms with Crippen molar-refractivity contribution in [1.82, 2.24) is 20.3 Å². The Balaban J connectivity index is 2.15. The molecule has 0 radical (unpaired) electrons. The van der Waals surface area contributed by atoms with Gasteiger partial charge in [0.15, 0.2) is 5.65 Å². The molecule has 1 aromatic carbocycles. The van der Waals surface area contributed by atoms with Gasteiger partial charge in [0.2, 0.25) is 15.0 Å². The van der Waals surface area contributed by atoms with E-state index < -0.39 is 15.9 Å². The van der Waals surface area contributed by atoms with Crippen LogP contribution in [0.1, 0.15) is 19.8 Å². The summed E-state index contributed by atoms with van der Waals surface area (Å²) in [4.78, 5) is 24.9. The van der Waals surface area contributed by atoms with Crippen molar-refractivity contribution in [2.75, 3.05) is 32.3 Å². The van der Waals surface area contributed by atoms with E-state index in [1.807, 2.05) is 6.92 Å². The van der Waals surface area contributed by atoms with Crippen LogP contribution in [0.4, 0.5) is 10.6 Å². The molecule has 2 N–H and O–H groups in total. The Labute approximate surface area is 186 Å². The van der Waals surface area contributed by atoms with E-state index in [9.17, 15) is 13.2 Å². The number of fused-ring (bicyclic) bond motifs is 1. The fourth-order valence-electron chi connectivity index (χ4n) is 2.94. The Morgan fingerprint density at radius 3 is 2.34 bits per heavy atom. The first kappa shape index (κ1) is 23.2. The summed E-state index contributed by atoms with van der Waals surface area (Å²) >= 11 is 0. The highest BCUT2D eigenvalue weighted by molar-refractivity contribution is 7.90. The van der Waals surface area contributed by atoms with Crippen molar-refractivity contribution in [3.8, 4) is 22.6 Å². The molecule has 0 aliphatic carbocycles. The number of hydrogen-bond acceptors (Lipinski definition) is 8. The largest absolute Gasteiger partial charge is 0.497 e. The summed E-state index contributed by atoms with van der Waals surface area (Å²) in [7, 11) is -0.541. The third kappa shape index (κ3) is 5.41. The normalized spacial score (nSPS) is 11.2. The molecule has 0 spiro atoms. The van der Waals surface area contributed by atoms with Crippen molar-refractivity contribution in [2.24, 2.45) is 0 Å². The van der Waals surface area contributed by atoms with Crippen molar-refractivity contribution >= 4 is 32.7 Å². The van der Waals surface area contributed by atoms with E-state index in [-0.39, 0.29) is 16.6 Å². The van der Waals surface area contributed by atoms with Crippen molar-refractivity contribution in [3.05, 3.63) is 30.5 Å². The molecule has 2 heterocycles. The number of amides is 2. The lowest BCUT2D eigenvalue weighted by Gasteiger charge is -2.14.